The third-order valence-electron chi connectivity index (χ3n) is 2.37. The third kappa shape index (κ3) is 6.58. The molecule has 1 aromatic carbocycles. The lowest BCUT2D eigenvalue weighted by Crippen LogP contribution is -2.16. The highest BCUT2D eigenvalue weighted by atomic mass is 32.2. The molecule has 18 heavy (non-hydrogen) atoms. The summed E-state index contributed by atoms with van der Waals surface area (Å²) in [7, 11) is -1.73. The monoisotopic (exact) mass is 273 g/mol. The van der Waals surface area contributed by atoms with Crippen LogP contribution in [0, 0.1) is 0 Å². The number of hydrogen-bond acceptors (Lipinski definition) is 4. The van der Waals surface area contributed by atoms with Crippen molar-refractivity contribution in [3.05, 3.63) is 29.8 Å². The van der Waals surface area contributed by atoms with Crippen LogP contribution in [-0.4, -0.2) is 27.9 Å². The standard InChI is InChI=1S/C12H19NO4S/c1-16-12-6-4-5-11(9-12)10-17-7-2-3-8-18(13,14)15/h4-6,9H,2-3,7-8,10H2,1H3,(H2,13,14,15). The SMILES string of the molecule is COc1cccc(COCCCCS(N)(=O)=O)c1. The summed E-state index contributed by atoms with van der Waals surface area (Å²) in [5, 5.41) is 4.89. The minimum absolute atomic E-state index is 0.00944. The Morgan fingerprint density at radius 1 is 1.28 bits per heavy atom. The molecule has 0 aromatic heterocycles. The van der Waals surface area contributed by atoms with Gasteiger partial charge in [-0.1, -0.05) is 12.1 Å². The second-order valence-corrected chi connectivity index (χ2v) is 5.71. The van der Waals surface area contributed by atoms with Gasteiger partial charge in [0.25, 0.3) is 0 Å². The first-order chi connectivity index (χ1) is 8.51. The van der Waals surface area contributed by atoms with Crippen molar-refractivity contribution >= 4 is 10.0 Å². The molecule has 0 spiro atoms. The zero-order valence-electron chi connectivity index (χ0n) is 10.5. The number of benzene rings is 1. The molecule has 102 valence electrons. The first-order valence-corrected chi connectivity index (χ1v) is 7.44. The second kappa shape index (κ2) is 7.35. The fourth-order valence-electron chi connectivity index (χ4n) is 1.46. The molecule has 0 bridgehead atoms. The van der Waals surface area contributed by atoms with Crippen LogP contribution in [0.4, 0.5) is 0 Å². The van der Waals surface area contributed by atoms with Gasteiger partial charge in [-0.3, -0.25) is 0 Å². The smallest absolute Gasteiger partial charge is 0.209 e. The molecule has 1 rings (SSSR count). The second-order valence-electron chi connectivity index (χ2n) is 3.98. The predicted molar refractivity (Wildman–Crippen MR) is 69.9 cm³/mol. The maximum Gasteiger partial charge on any atom is 0.209 e. The zero-order valence-corrected chi connectivity index (χ0v) is 11.3. The van der Waals surface area contributed by atoms with E-state index in [1.165, 1.54) is 0 Å². The van der Waals surface area contributed by atoms with Crippen LogP contribution in [-0.2, 0) is 21.4 Å². The lowest BCUT2D eigenvalue weighted by Gasteiger charge is -2.06. The van der Waals surface area contributed by atoms with E-state index >= 15 is 0 Å². The van der Waals surface area contributed by atoms with Gasteiger partial charge in [-0.25, -0.2) is 13.6 Å². The number of hydrogen-bond donors (Lipinski definition) is 1. The average molecular weight is 273 g/mol. The number of unbranched alkanes of at least 4 members (excludes halogenated alkanes) is 1. The predicted octanol–water partition coefficient (Wildman–Crippen LogP) is 1.28. The van der Waals surface area contributed by atoms with E-state index in [9.17, 15) is 8.42 Å². The van der Waals surface area contributed by atoms with E-state index in [-0.39, 0.29) is 5.75 Å². The molecule has 0 fully saturated rings. The van der Waals surface area contributed by atoms with Crippen molar-refractivity contribution in [3.8, 4) is 5.75 Å². The summed E-state index contributed by atoms with van der Waals surface area (Å²) in [6.45, 7) is 1.01. The molecular formula is C12H19NO4S. The van der Waals surface area contributed by atoms with Gasteiger partial charge < -0.3 is 9.47 Å². The fourth-order valence-corrected chi connectivity index (χ4v) is 2.07. The molecule has 0 aliphatic rings. The van der Waals surface area contributed by atoms with Crippen molar-refractivity contribution in [2.75, 3.05) is 19.5 Å². The maximum absolute atomic E-state index is 10.7. The van der Waals surface area contributed by atoms with E-state index in [0.717, 1.165) is 11.3 Å². The lowest BCUT2D eigenvalue weighted by atomic mass is 10.2. The normalized spacial score (nSPS) is 11.4. The van der Waals surface area contributed by atoms with Crippen LogP contribution in [0.3, 0.4) is 0 Å². The van der Waals surface area contributed by atoms with Gasteiger partial charge in [-0.2, -0.15) is 0 Å². The number of methoxy groups -OCH3 is 1. The maximum atomic E-state index is 10.7. The van der Waals surface area contributed by atoms with E-state index in [0.29, 0.717) is 26.1 Å². The number of sulfonamides is 1. The molecular weight excluding hydrogens is 254 g/mol. The zero-order chi connectivity index (χ0) is 13.4. The van der Waals surface area contributed by atoms with Crippen LogP contribution in [0.2, 0.25) is 0 Å². The summed E-state index contributed by atoms with van der Waals surface area (Å²) >= 11 is 0. The molecule has 5 nitrogen and oxygen atoms in total. The van der Waals surface area contributed by atoms with Crippen LogP contribution in [0.15, 0.2) is 24.3 Å². The van der Waals surface area contributed by atoms with Crippen LogP contribution < -0.4 is 9.88 Å². The average Bonchev–Trinajstić information content (AvgIpc) is 2.32. The van der Waals surface area contributed by atoms with Gasteiger partial charge in [0.15, 0.2) is 0 Å². The van der Waals surface area contributed by atoms with Crippen LogP contribution >= 0.6 is 0 Å². The molecule has 0 unspecified atom stereocenters. The van der Waals surface area contributed by atoms with Gasteiger partial charge in [-0.15, -0.1) is 0 Å². The summed E-state index contributed by atoms with van der Waals surface area (Å²) < 4.78 is 31.9. The van der Waals surface area contributed by atoms with Crippen molar-refractivity contribution in [1.29, 1.82) is 0 Å². The molecule has 0 amide bonds. The molecule has 0 radical (unpaired) electrons. The number of nitrogens with two attached hydrogens (primary N) is 1. The van der Waals surface area contributed by atoms with Crippen molar-refractivity contribution in [1.82, 2.24) is 0 Å². The van der Waals surface area contributed by atoms with Gasteiger partial charge in [0.05, 0.1) is 19.5 Å². The van der Waals surface area contributed by atoms with E-state index in [1.807, 2.05) is 24.3 Å². The highest BCUT2D eigenvalue weighted by Crippen LogP contribution is 2.13. The molecule has 0 saturated heterocycles. The van der Waals surface area contributed by atoms with Gasteiger partial charge in [-0.05, 0) is 30.5 Å². The van der Waals surface area contributed by atoms with Crippen molar-refractivity contribution in [3.63, 3.8) is 0 Å². The highest BCUT2D eigenvalue weighted by molar-refractivity contribution is 7.89. The molecule has 1 aromatic rings. The number of rotatable bonds is 8. The number of ether oxygens (including phenoxy) is 2. The Balaban J connectivity index is 2.18. The Labute approximate surface area is 108 Å². The molecule has 0 saturated carbocycles. The van der Waals surface area contributed by atoms with Crippen molar-refractivity contribution < 1.29 is 17.9 Å². The van der Waals surface area contributed by atoms with Crippen LogP contribution in [0.1, 0.15) is 18.4 Å². The Kier molecular flexibility index (Phi) is 6.11. The summed E-state index contributed by atoms with van der Waals surface area (Å²) in [6, 6.07) is 7.63. The summed E-state index contributed by atoms with van der Waals surface area (Å²) in [6.07, 6.45) is 1.21. The van der Waals surface area contributed by atoms with E-state index in [2.05, 4.69) is 0 Å². The fraction of sp³-hybridized carbons (Fsp3) is 0.500. The topological polar surface area (TPSA) is 78.6 Å². The summed E-state index contributed by atoms with van der Waals surface area (Å²) in [4.78, 5) is 0. The Morgan fingerprint density at radius 3 is 2.72 bits per heavy atom. The lowest BCUT2D eigenvalue weighted by molar-refractivity contribution is 0.118. The van der Waals surface area contributed by atoms with E-state index in [1.54, 1.807) is 7.11 Å². The Bertz CT molecular complexity index is 459. The van der Waals surface area contributed by atoms with Gasteiger partial charge in [0.1, 0.15) is 5.75 Å². The highest BCUT2D eigenvalue weighted by Gasteiger charge is 2.01. The molecule has 0 aliphatic heterocycles. The largest absolute Gasteiger partial charge is 0.497 e. The van der Waals surface area contributed by atoms with Gasteiger partial charge >= 0.3 is 0 Å². The van der Waals surface area contributed by atoms with Gasteiger partial charge in [0, 0.05) is 6.61 Å². The first kappa shape index (κ1) is 14.9. The molecule has 6 heteroatoms. The molecule has 2 N–H and O–H groups in total. The minimum Gasteiger partial charge on any atom is -0.497 e. The van der Waals surface area contributed by atoms with E-state index < -0.39 is 10.0 Å². The summed E-state index contributed by atoms with van der Waals surface area (Å²) in [5.41, 5.74) is 1.03. The van der Waals surface area contributed by atoms with Crippen molar-refractivity contribution in [2.45, 2.75) is 19.4 Å². The Morgan fingerprint density at radius 2 is 2.06 bits per heavy atom. The third-order valence-corrected chi connectivity index (χ3v) is 3.23. The van der Waals surface area contributed by atoms with Crippen molar-refractivity contribution in [2.24, 2.45) is 5.14 Å². The molecule has 0 atom stereocenters. The van der Waals surface area contributed by atoms with Crippen LogP contribution in [0.25, 0.3) is 0 Å². The van der Waals surface area contributed by atoms with Gasteiger partial charge in [0.2, 0.25) is 10.0 Å². The first-order valence-electron chi connectivity index (χ1n) is 5.72. The Hall–Kier alpha value is -1.11. The quantitative estimate of drug-likeness (QED) is 0.724. The summed E-state index contributed by atoms with van der Waals surface area (Å²) in [5.74, 6) is 0.806. The molecule has 0 aliphatic carbocycles. The number of primary sulfonamides is 1. The minimum atomic E-state index is -3.34. The molecule has 0 heterocycles. The van der Waals surface area contributed by atoms with Crippen LogP contribution in [0.5, 0.6) is 5.75 Å². The van der Waals surface area contributed by atoms with E-state index in [4.69, 9.17) is 14.6 Å².